The summed E-state index contributed by atoms with van der Waals surface area (Å²) in [5, 5.41) is 3.98. The molecule has 6 rings (SSSR count). The van der Waals surface area contributed by atoms with Crippen molar-refractivity contribution >= 4 is 52.3 Å². The number of halogens is 2. The van der Waals surface area contributed by atoms with E-state index in [1.54, 1.807) is 30.3 Å². The van der Waals surface area contributed by atoms with Crippen LogP contribution in [0.25, 0.3) is 0 Å². The van der Waals surface area contributed by atoms with Crippen LogP contribution < -0.4 is 10.2 Å². The van der Waals surface area contributed by atoms with E-state index in [0.29, 0.717) is 33.5 Å². The van der Waals surface area contributed by atoms with E-state index in [2.05, 4.69) is 10.2 Å². The number of hydrogen-bond donors (Lipinski definition) is 1. The third kappa shape index (κ3) is 2.28. The summed E-state index contributed by atoms with van der Waals surface area (Å²) in [5.41, 5.74) is 2.29. The molecule has 1 spiro atoms. The summed E-state index contributed by atoms with van der Waals surface area (Å²) in [5.74, 6) is -2.24. The summed E-state index contributed by atoms with van der Waals surface area (Å²) in [6, 6.07) is 8.59. The van der Waals surface area contributed by atoms with Crippen molar-refractivity contribution < 1.29 is 14.4 Å². The molecule has 164 valence electrons. The van der Waals surface area contributed by atoms with Gasteiger partial charge in [-0.3, -0.25) is 19.3 Å². The van der Waals surface area contributed by atoms with Crippen LogP contribution in [0.15, 0.2) is 30.3 Å². The van der Waals surface area contributed by atoms with Gasteiger partial charge in [0, 0.05) is 27.3 Å². The third-order valence-corrected chi connectivity index (χ3v) is 8.13. The van der Waals surface area contributed by atoms with Gasteiger partial charge in [-0.05, 0) is 68.6 Å². The number of hydrogen-bond acceptors (Lipinski definition) is 4. The number of anilines is 2. The van der Waals surface area contributed by atoms with Gasteiger partial charge in [0.2, 0.25) is 17.7 Å². The first-order chi connectivity index (χ1) is 15.3. The lowest BCUT2D eigenvalue weighted by Crippen LogP contribution is -2.54. The van der Waals surface area contributed by atoms with Crippen molar-refractivity contribution in [3.63, 3.8) is 0 Å². The van der Waals surface area contributed by atoms with E-state index < -0.39 is 17.4 Å². The number of imide groups is 1. The largest absolute Gasteiger partial charge is 0.324 e. The van der Waals surface area contributed by atoms with E-state index in [1.165, 1.54) is 4.90 Å². The lowest BCUT2D eigenvalue weighted by atomic mass is 9.75. The Kier molecular flexibility index (Phi) is 4.15. The minimum Gasteiger partial charge on any atom is -0.324 e. The molecule has 2 aromatic carbocycles. The van der Waals surface area contributed by atoms with Gasteiger partial charge in [0.05, 0.1) is 17.5 Å². The molecule has 4 atom stereocenters. The minimum atomic E-state index is -1.23. The predicted molar refractivity (Wildman–Crippen MR) is 122 cm³/mol. The molecule has 4 heterocycles. The summed E-state index contributed by atoms with van der Waals surface area (Å²) in [6.45, 7) is 4.40. The van der Waals surface area contributed by atoms with Crippen molar-refractivity contribution in [2.45, 2.75) is 38.3 Å². The van der Waals surface area contributed by atoms with Gasteiger partial charge in [0.15, 0.2) is 0 Å². The van der Waals surface area contributed by atoms with Gasteiger partial charge >= 0.3 is 0 Å². The van der Waals surface area contributed by atoms with Gasteiger partial charge in [0.1, 0.15) is 5.54 Å². The molecule has 0 aromatic heterocycles. The normalized spacial score (nSPS) is 30.8. The zero-order valence-electron chi connectivity index (χ0n) is 17.6. The van der Waals surface area contributed by atoms with Crippen molar-refractivity contribution in [1.82, 2.24) is 4.90 Å². The highest BCUT2D eigenvalue weighted by molar-refractivity contribution is 6.32. The summed E-state index contributed by atoms with van der Waals surface area (Å²) in [4.78, 5) is 44.9. The van der Waals surface area contributed by atoms with E-state index in [9.17, 15) is 14.4 Å². The van der Waals surface area contributed by atoms with Crippen LogP contribution in [0.1, 0.15) is 29.5 Å². The highest BCUT2D eigenvalue weighted by atomic mass is 35.5. The fourth-order valence-corrected chi connectivity index (χ4v) is 6.94. The van der Waals surface area contributed by atoms with E-state index in [4.69, 9.17) is 23.2 Å². The van der Waals surface area contributed by atoms with Crippen LogP contribution >= 0.6 is 23.2 Å². The first-order valence-corrected chi connectivity index (χ1v) is 11.5. The second kappa shape index (κ2) is 6.56. The molecule has 1 N–H and O–H groups in total. The molecule has 0 aliphatic carbocycles. The smallest absolute Gasteiger partial charge is 0.250 e. The van der Waals surface area contributed by atoms with E-state index >= 15 is 0 Å². The van der Waals surface area contributed by atoms with Gasteiger partial charge in [-0.2, -0.15) is 0 Å². The quantitative estimate of drug-likeness (QED) is 0.639. The van der Waals surface area contributed by atoms with Crippen LogP contribution in [-0.4, -0.2) is 35.2 Å². The van der Waals surface area contributed by atoms with Crippen molar-refractivity contribution in [2.24, 2.45) is 11.8 Å². The maximum atomic E-state index is 14.0. The molecule has 0 bridgehead atoms. The molecular formula is C24H21Cl2N3O3. The average Bonchev–Trinajstić information content (AvgIpc) is 3.43. The molecule has 3 fully saturated rings. The topological polar surface area (TPSA) is 69.7 Å². The molecule has 3 amide bonds. The van der Waals surface area contributed by atoms with Gasteiger partial charge in [-0.25, -0.2) is 4.90 Å². The van der Waals surface area contributed by atoms with Crippen molar-refractivity contribution in [3.8, 4) is 0 Å². The van der Waals surface area contributed by atoms with Crippen LogP contribution in [0.3, 0.4) is 0 Å². The second-order valence-electron chi connectivity index (χ2n) is 9.21. The maximum absolute atomic E-state index is 14.0. The Morgan fingerprint density at radius 1 is 1.00 bits per heavy atom. The fraction of sp³-hybridized carbons (Fsp3) is 0.375. The standard InChI is InChI=1S/C24H21Cl2N3O3/c1-11-5-6-13(25)10-17(11)29-21(30)18-16-4-3-7-28(16)24(19(18)22(29)31)15-9-14(26)8-12(2)20(15)27-23(24)32/h5-6,8-10,16,18-19H,3-4,7H2,1-2H3,(H,27,32). The Bertz CT molecular complexity index is 1250. The molecule has 4 aliphatic heterocycles. The molecule has 8 heteroatoms. The van der Waals surface area contributed by atoms with Crippen molar-refractivity contribution in [3.05, 3.63) is 57.1 Å². The first-order valence-electron chi connectivity index (χ1n) is 10.8. The summed E-state index contributed by atoms with van der Waals surface area (Å²) in [7, 11) is 0. The van der Waals surface area contributed by atoms with Gasteiger partial charge in [-0.1, -0.05) is 29.3 Å². The predicted octanol–water partition coefficient (Wildman–Crippen LogP) is 4.04. The van der Waals surface area contributed by atoms with Crippen LogP contribution in [-0.2, 0) is 19.9 Å². The fourth-order valence-electron chi connectivity index (χ4n) is 6.50. The molecule has 4 aliphatic rings. The van der Waals surface area contributed by atoms with Crippen LogP contribution in [0, 0.1) is 25.7 Å². The number of carbonyl (C=O) groups is 3. The van der Waals surface area contributed by atoms with Gasteiger partial charge in [0.25, 0.3) is 0 Å². The Balaban J connectivity index is 1.59. The number of aryl methyl sites for hydroxylation is 2. The number of benzene rings is 2. The van der Waals surface area contributed by atoms with Gasteiger partial charge < -0.3 is 5.32 Å². The molecule has 32 heavy (non-hydrogen) atoms. The molecule has 3 saturated heterocycles. The molecule has 2 aromatic rings. The summed E-state index contributed by atoms with van der Waals surface area (Å²) in [6.07, 6.45) is 1.64. The van der Waals surface area contributed by atoms with Crippen LogP contribution in [0.4, 0.5) is 11.4 Å². The molecule has 0 saturated carbocycles. The monoisotopic (exact) mass is 469 g/mol. The SMILES string of the molecule is Cc1ccc(Cl)cc1N1C(=O)C2C3CCCN3C3(C(=O)Nc4c(C)cc(Cl)cc43)C2C1=O. The van der Waals surface area contributed by atoms with Gasteiger partial charge in [-0.15, -0.1) is 0 Å². The molecule has 6 nitrogen and oxygen atoms in total. The number of nitrogens with one attached hydrogen (secondary N) is 1. The van der Waals surface area contributed by atoms with E-state index in [-0.39, 0.29) is 23.8 Å². The number of fused-ring (bicyclic) bond motifs is 7. The Morgan fingerprint density at radius 3 is 2.56 bits per heavy atom. The Hall–Kier alpha value is -2.41. The number of amides is 3. The maximum Gasteiger partial charge on any atom is 0.250 e. The molecule has 4 unspecified atom stereocenters. The number of rotatable bonds is 1. The number of carbonyl (C=O) groups excluding carboxylic acids is 3. The first kappa shape index (κ1) is 20.2. The highest BCUT2D eigenvalue weighted by Gasteiger charge is 2.74. The third-order valence-electron chi connectivity index (χ3n) is 7.68. The lowest BCUT2D eigenvalue weighted by molar-refractivity contribution is -0.135. The summed E-state index contributed by atoms with van der Waals surface area (Å²) < 4.78 is 0. The zero-order valence-corrected chi connectivity index (χ0v) is 19.1. The van der Waals surface area contributed by atoms with E-state index in [0.717, 1.165) is 24.0 Å². The van der Waals surface area contributed by atoms with Crippen molar-refractivity contribution in [2.75, 3.05) is 16.8 Å². The average molecular weight is 470 g/mol. The Morgan fingerprint density at radius 2 is 1.78 bits per heavy atom. The van der Waals surface area contributed by atoms with E-state index in [1.807, 2.05) is 13.8 Å². The highest BCUT2D eigenvalue weighted by Crippen LogP contribution is 2.61. The molecule has 0 radical (unpaired) electrons. The second-order valence-corrected chi connectivity index (χ2v) is 10.1. The molecular weight excluding hydrogens is 449 g/mol. The summed E-state index contributed by atoms with van der Waals surface area (Å²) >= 11 is 12.6. The van der Waals surface area contributed by atoms with Crippen LogP contribution in [0.5, 0.6) is 0 Å². The zero-order chi connectivity index (χ0) is 22.5. The minimum absolute atomic E-state index is 0.170. The number of nitrogens with zero attached hydrogens (tertiary/aromatic N) is 2. The van der Waals surface area contributed by atoms with Crippen molar-refractivity contribution in [1.29, 1.82) is 0 Å². The lowest BCUT2D eigenvalue weighted by Gasteiger charge is -2.37. The van der Waals surface area contributed by atoms with Crippen LogP contribution in [0.2, 0.25) is 10.0 Å². The Labute approximate surface area is 195 Å².